The molecule has 0 saturated heterocycles. The molecule has 0 spiro atoms. The quantitative estimate of drug-likeness (QED) is 0.657. The van der Waals surface area contributed by atoms with E-state index in [1.807, 2.05) is 30.3 Å². The molecule has 4 nitrogen and oxygen atoms in total. The van der Waals surface area contributed by atoms with E-state index in [9.17, 15) is 0 Å². The van der Waals surface area contributed by atoms with Crippen LogP contribution in [0.15, 0.2) is 36.4 Å². The summed E-state index contributed by atoms with van der Waals surface area (Å²) < 4.78 is 11.6. The Hall–Kier alpha value is -2.36. The van der Waals surface area contributed by atoms with Gasteiger partial charge in [0, 0.05) is 6.07 Å². The second kappa shape index (κ2) is 4.63. The first-order valence-corrected chi connectivity index (χ1v) is 6.92. The number of hydrogen-bond donors (Lipinski definition) is 0. The first-order chi connectivity index (χ1) is 9.90. The molecule has 4 rings (SSSR count). The Morgan fingerprint density at radius 1 is 0.900 bits per heavy atom. The van der Waals surface area contributed by atoms with Crippen LogP contribution in [0.25, 0.3) is 5.57 Å². The minimum Gasteiger partial charge on any atom is -0.448 e. The van der Waals surface area contributed by atoms with Crippen molar-refractivity contribution in [3.63, 3.8) is 0 Å². The van der Waals surface area contributed by atoms with Crippen LogP contribution < -0.4 is 9.47 Å². The van der Waals surface area contributed by atoms with Crippen molar-refractivity contribution in [2.45, 2.75) is 25.7 Å². The monoisotopic (exact) mass is 266 g/mol. The average molecular weight is 266 g/mol. The molecule has 1 aromatic carbocycles. The molecule has 0 fully saturated rings. The molecule has 2 heterocycles. The van der Waals surface area contributed by atoms with Crippen molar-refractivity contribution in [3.8, 4) is 23.1 Å². The number of benzene rings is 1. The summed E-state index contributed by atoms with van der Waals surface area (Å²) in [6, 6.07) is 9.50. The zero-order valence-corrected chi connectivity index (χ0v) is 11.0. The lowest BCUT2D eigenvalue weighted by Gasteiger charge is -2.20. The van der Waals surface area contributed by atoms with E-state index in [-0.39, 0.29) is 0 Å². The number of allylic oxidation sites excluding steroid dienone is 2. The van der Waals surface area contributed by atoms with E-state index in [0.717, 1.165) is 24.3 Å². The Morgan fingerprint density at radius 2 is 1.75 bits per heavy atom. The van der Waals surface area contributed by atoms with E-state index >= 15 is 0 Å². The summed E-state index contributed by atoms with van der Waals surface area (Å²) in [5.74, 6) is 2.47. The van der Waals surface area contributed by atoms with Crippen LogP contribution in [0.1, 0.15) is 31.4 Å². The van der Waals surface area contributed by atoms with Gasteiger partial charge in [-0.2, -0.15) is 0 Å². The second-order valence-corrected chi connectivity index (χ2v) is 5.02. The number of nitrogens with zero attached hydrogens (tertiary/aromatic N) is 2. The van der Waals surface area contributed by atoms with E-state index in [1.165, 1.54) is 18.4 Å². The normalized spacial score (nSPS) is 16.3. The molecule has 1 aliphatic carbocycles. The van der Waals surface area contributed by atoms with Gasteiger partial charge in [-0.3, -0.25) is 0 Å². The maximum atomic E-state index is 5.85. The SMILES string of the molecule is C1=C(c2cc3c(nn2)Oc2ccccc2O3)CCCC1. The highest BCUT2D eigenvalue weighted by atomic mass is 16.6. The Balaban J connectivity index is 1.71. The molecular weight excluding hydrogens is 252 g/mol. The van der Waals surface area contributed by atoms with Crippen LogP contribution in [0.3, 0.4) is 0 Å². The molecule has 0 unspecified atom stereocenters. The first-order valence-electron chi connectivity index (χ1n) is 6.92. The molecule has 0 bridgehead atoms. The van der Waals surface area contributed by atoms with Crippen LogP contribution in [-0.2, 0) is 0 Å². The van der Waals surface area contributed by atoms with Gasteiger partial charge in [-0.1, -0.05) is 18.2 Å². The highest BCUT2D eigenvalue weighted by Crippen LogP contribution is 2.44. The van der Waals surface area contributed by atoms with Gasteiger partial charge in [-0.15, -0.1) is 10.2 Å². The molecule has 100 valence electrons. The number of rotatable bonds is 1. The van der Waals surface area contributed by atoms with Crippen molar-refractivity contribution >= 4 is 5.57 Å². The van der Waals surface area contributed by atoms with Gasteiger partial charge in [0.05, 0.1) is 5.69 Å². The third-order valence-corrected chi connectivity index (χ3v) is 3.62. The van der Waals surface area contributed by atoms with Crippen molar-refractivity contribution in [2.75, 3.05) is 0 Å². The number of aromatic nitrogens is 2. The van der Waals surface area contributed by atoms with Crippen molar-refractivity contribution in [2.24, 2.45) is 0 Å². The van der Waals surface area contributed by atoms with Gasteiger partial charge in [0.1, 0.15) is 0 Å². The van der Waals surface area contributed by atoms with Crippen LogP contribution in [0.2, 0.25) is 0 Å². The first kappa shape index (κ1) is 11.5. The molecule has 4 heteroatoms. The molecule has 2 aliphatic rings. The van der Waals surface area contributed by atoms with Gasteiger partial charge in [0.25, 0.3) is 5.88 Å². The molecule has 0 saturated carbocycles. The largest absolute Gasteiger partial charge is 0.448 e. The zero-order valence-electron chi connectivity index (χ0n) is 11.0. The van der Waals surface area contributed by atoms with Crippen molar-refractivity contribution < 1.29 is 9.47 Å². The number of fused-ring (bicyclic) bond motifs is 2. The summed E-state index contributed by atoms with van der Waals surface area (Å²) in [4.78, 5) is 0. The fraction of sp³-hybridized carbons (Fsp3) is 0.250. The summed E-state index contributed by atoms with van der Waals surface area (Å²) in [5.41, 5.74) is 2.15. The van der Waals surface area contributed by atoms with E-state index in [4.69, 9.17) is 9.47 Å². The summed E-state index contributed by atoms with van der Waals surface area (Å²) in [5, 5.41) is 8.42. The molecule has 2 aromatic rings. The summed E-state index contributed by atoms with van der Waals surface area (Å²) in [6.45, 7) is 0. The Bertz CT molecular complexity index is 695. The Labute approximate surface area is 117 Å². The average Bonchev–Trinajstić information content (AvgIpc) is 2.53. The number of ether oxygens (including phenoxy) is 2. The minimum atomic E-state index is 0.434. The van der Waals surface area contributed by atoms with Crippen molar-refractivity contribution in [1.29, 1.82) is 0 Å². The molecular formula is C16H14N2O2. The number of hydrogen-bond acceptors (Lipinski definition) is 4. The topological polar surface area (TPSA) is 44.2 Å². The van der Waals surface area contributed by atoms with Gasteiger partial charge < -0.3 is 9.47 Å². The van der Waals surface area contributed by atoms with E-state index < -0.39 is 0 Å². The van der Waals surface area contributed by atoms with Crippen LogP contribution in [0, 0.1) is 0 Å². The maximum absolute atomic E-state index is 5.85. The highest BCUT2D eigenvalue weighted by molar-refractivity contribution is 5.65. The highest BCUT2D eigenvalue weighted by Gasteiger charge is 2.21. The third-order valence-electron chi connectivity index (χ3n) is 3.62. The zero-order chi connectivity index (χ0) is 13.4. The molecule has 0 radical (unpaired) electrons. The predicted molar refractivity (Wildman–Crippen MR) is 75.1 cm³/mol. The smallest absolute Gasteiger partial charge is 0.282 e. The van der Waals surface area contributed by atoms with E-state index in [2.05, 4.69) is 16.3 Å². The van der Waals surface area contributed by atoms with E-state index in [1.54, 1.807) is 0 Å². The molecule has 0 atom stereocenters. The molecule has 1 aromatic heterocycles. The van der Waals surface area contributed by atoms with Gasteiger partial charge in [0.15, 0.2) is 17.2 Å². The molecule has 0 N–H and O–H groups in total. The van der Waals surface area contributed by atoms with Gasteiger partial charge in [0.2, 0.25) is 0 Å². The van der Waals surface area contributed by atoms with Crippen LogP contribution in [0.5, 0.6) is 23.1 Å². The molecule has 20 heavy (non-hydrogen) atoms. The van der Waals surface area contributed by atoms with Crippen LogP contribution in [-0.4, -0.2) is 10.2 Å². The Morgan fingerprint density at radius 3 is 2.55 bits per heavy atom. The third kappa shape index (κ3) is 1.93. The van der Waals surface area contributed by atoms with Gasteiger partial charge in [-0.05, 0) is 43.4 Å². The fourth-order valence-corrected chi connectivity index (χ4v) is 2.58. The lowest BCUT2D eigenvalue weighted by molar-refractivity contribution is 0.343. The van der Waals surface area contributed by atoms with Crippen LogP contribution >= 0.6 is 0 Å². The van der Waals surface area contributed by atoms with Crippen molar-refractivity contribution in [3.05, 3.63) is 42.1 Å². The predicted octanol–water partition coefficient (Wildman–Crippen LogP) is 4.33. The second-order valence-electron chi connectivity index (χ2n) is 5.02. The minimum absolute atomic E-state index is 0.434. The van der Waals surface area contributed by atoms with E-state index in [0.29, 0.717) is 17.4 Å². The molecule has 0 amide bonds. The standard InChI is InChI=1S/C16H14N2O2/c1-2-6-11(7-3-1)12-10-15-16(18-17-12)20-14-9-5-4-8-13(14)19-15/h4-6,8-10H,1-3,7H2. The van der Waals surface area contributed by atoms with Gasteiger partial charge in [-0.25, -0.2) is 0 Å². The fourth-order valence-electron chi connectivity index (χ4n) is 2.58. The Kier molecular flexibility index (Phi) is 2.66. The molecule has 1 aliphatic heterocycles. The summed E-state index contributed by atoms with van der Waals surface area (Å²) >= 11 is 0. The lowest BCUT2D eigenvalue weighted by atomic mass is 9.97. The van der Waals surface area contributed by atoms with Gasteiger partial charge >= 0.3 is 0 Å². The maximum Gasteiger partial charge on any atom is 0.282 e. The van der Waals surface area contributed by atoms with Crippen LogP contribution in [0.4, 0.5) is 0 Å². The lowest BCUT2D eigenvalue weighted by Crippen LogP contribution is -2.04. The summed E-state index contributed by atoms with van der Waals surface area (Å²) in [6.07, 6.45) is 6.90. The van der Waals surface area contributed by atoms with Crippen molar-refractivity contribution in [1.82, 2.24) is 10.2 Å². The summed E-state index contributed by atoms with van der Waals surface area (Å²) in [7, 11) is 0. The number of para-hydroxylation sites is 2.